The Morgan fingerprint density at radius 2 is 1.65 bits per heavy atom. The first-order valence-corrected chi connectivity index (χ1v) is 6.91. The molecule has 0 atom stereocenters. The molecule has 0 saturated heterocycles. The monoisotopic (exact) mass is 272 g/mol. The molecule has 2 aromatic rings. The van der Waals surface area contributed by atoms with Crippen molar-refractivity contribution >= 4 is 5.69 Å². The van der Waals surface area contributed by atoms with E-state index in [9.17, 15) is 4.39 Å². The second kappa shape index (κ2) is 6.53. The Labute approximate surface area is 120 Å². The van der Waals surface area contributed by atoms with Gasteiger partial charge in [-0.25, -0.2) is 4.39 Å². The maximum atomic E-state index is 14.0. The van der Waals surface area contributed by atoms with Gasteiger partial charge < -0.3 is 5.73 Å². The third-order valence-corrected chi connectivity index (χ3v) is 3.60. The smallest absolute Gasteiger partial charge is 0.150 e. The molecular weight excluding hydrogens is 251 g/mol. The summed E-state index contributed by atoms with van der Waals surface area (Å²) in [4.78, 5) is 2.21. The Kier molecular flexibility index (Phi) is 4.74. The second-order valence-electron chi connectivity index (χ2n) is 5.05. The molecule has 3 heteroatoms. The summed E-state index contributed by atoms with van der Waals surface area (Å²) in [6.07, 6.45) is 0. The normalized spacial score (nSPS) is 11.0. The van der Waals surface area contributed by atoms with Crippen molar-refractivity contribution in [2.45, 2.75) is 26.9 Å². The van der Waals surface area contributed by atoms with Gasteiger partial charge in [-0.3, -0.25) is 4.90 Å². The van der Waals surface area contributed by atoms with Gasteiger partial charge in [-0.2, -0.15) is 0 Å². The number of nitrogens with zero attached hydrogens (tertiary/aromatic N) is 1. The second-order valence-corrected chi connectivity index (χ2v) is 5.05. The van der Waals surface area contributed by atoms with Crippen molar-refractivity contribution < 1.29 is 4.39 Å². The van der Waals surface area contributed by atoms with E-state index in [-0.39, 0.29) is 11.5 Å². The number of halogens is 1. The van der Waals surface area contributed by atoms with Gasteiger partial charge in [-0.1, -0.05) is 43.3 Å². The van der Waals surface area contributed by atoms with E-state index in [0.29, 0.717) is 12.1 Å². The first kappa shape index (κ1) is 14.5. The lowest BCUT2D eigenvalue weighted by Gasteiger charge is -2.22. The van der Waals surface area contributed by atoms with E-state index >= 15 is 0 Å². The number of hydrogen-bond acceptors (Lipinski definition) is 2. The highest BCUT2D eigenvalue weighted by Gasteiger charge is 2.11. The van der Waals surface area contributed by atoms with Crippen LogP contribution in [0.5, 0.6) is 0 Å². The van der Waals surface area contributed by atoms with Gasteiger partial charge in [0.05, 0.1) is 5.69 Å². The minimum atomic E-state index is -0.296. The minimum Gasteiger partial charge on any atom is -0.396 e. The molecule has 2 aromatic carbocycles. The number of anilines is 1. The lowest BCUT2D eigenvalue weighted by molar-refractivity contribution is 0.267. The molecule has 0 amide bonds. The summed E-state index contributed by atoms with van der Waals surface area (Å²) in [7, 11) is 0. The maximum Gasteiger partial charge on any atom is 0.150 e. The molecule has 0 aliphatic carbocycles. The zero-order valence-electron chi connectivity index (χ0n) is 12.1. The SMILES string of the molecule is CCN(Cc1ccccc1C)Cc1cccc(N)c1F. The van der Waals surface area contributed by atoms with Crippen LogP contribution >= 0.6 is 0 Å². The first-order valence-electron chi connectivity index (χ1n) is 6.91. The van der Waals surface area contributed by atoms with Gasteiger partial charge in [0.2, 0.25) is 0 Å². The molecule has 0 heterocycles. The lowest BCUT2D eigenvalue weighted by Crippen LogP contribution is -2.23. The van der Waals surface area contributed by atoms with Crippen molar-refractivity contribution in [2.75, 3.05) is 12.3 Å². The van der Waals surface area contributed by atoms with Gasteiger partial charge in [0, 0.05) is 18.7 Å². The van der Waals surface area contributed by atoms with Crippen molar-refractivity contribution in [3.63, 3.8) is 0 Å². The van der Waals surface area contributed by atoms with E-state index in [4.69, 9.17) is 5.73 Å². The number of benzene rings is 2. The Hall–Kier alpha value is -1.87. The molecule has 0 spiro atoms. The average Bonchev–Trinajstić information content (AvgIpc) is 2.45. The average molecular weight is 272 g/mol. The first-order chi connectivity index (χ1) is 9.61. The van der Waals surface area contributed by atoms with E-state index in [1.807, 2.05) is 12.1 Å². The van der Waals surface area contributed by atoms with Gasteiger partial charge >= 0.3 is 0 Å². The third kappa shape index (κ3) is 3.36. The summed E-state index contributed by atoms with van der Waals surface area (Å²) < 4.78 is 14.0. The Balaban J connectivity index is 2.14. The highest BCUT2D eigenvalue weighted by molar-refractivity contribution is 5.42. The number of nitrogens with two attached hydrogens (primary N) is 1. The zero-order chi connectivity index (χ0) is 14.5. The molecule has 106 valence electrons. The standard InChI is InChI=1S/C17H21FN2/c1-3-20(11-14-8-5-4-7-13(14)2)12-15-9-6-10-16(19)17(15)18/h4-10H,3,11-12,19H2,1-2H3. The van der Waals surface area contributed by atoms with Crippen molar-refractivity contribution in [3.8, 4) is 0 Å². The molecule has 0 aliphatic heterocycles. The van der Waals surface area contributed by atoms with Crippen molar-refractivity contribution in [3.05, 3.63) is 65.0 Å². The fourth-order valence-corrected chi connectivity index (χ4v) is 2.27. The van der Waals surface area contributed by atoms with Gasteiger partial charge in [0.15, 0.2) is 5.82 Å². The molecule has 2 rings (SSSR count). The number of aryl methyl sites for hydroxylation is 1. The number of rotatable bonds is 5. The van der Waals surface area contributed by atoms with Gasteiger partial charge in [-0.15, -0.1) is 0 Å². The summed E-state index contributed by atoms with van der Waals surface area (Å²) >= 11 is 0. The van der Waals surface area contributed by atoms with Crippen LogP contribution in [0.3, 0.4) is 0 Å². The van der Waals surface area contributed by atoms with Crippen LogP contribution in [-0.2, 0) is 13.1 Å². The Morgan fingerprint density at radius 1 is 1.00 bits per heavy atom. The molecule has 0 fully saturated rings. The van der Waals surface area contributed by atoms with Crippen LogP contribution in [0, 0.1) is 12.7 Å². The highest BCUT2D eigenvalue weighted by atomic mass is 19.1. The van der Waals surface area contributed by atoms with Crippen LogP contribution in [0.4, 0.5) is 10.1 Å². The fourth-order valence-electron chi connectivity index (χ4n) is 2.27. The van der Waals surface area contributed by atoms with Crippen LogP contribution in [0.2, 0.25) is 0 Å². The molecule has 2 nitrogen and oxygen atoms in total. The zero-order valence-corrected chi connectivity index (χ0v) is 12.1. The third-order valence-electron chi connectivity index (χ3n) is 3.60. The van der Waals surface area contributed by atoms with Crippen LogP contribution in [0.25, 0.3) is 0 Å². The number of nitrogen functional groups attached to an aromatic ring is 1. The van der Waals surface area contributed by atoms with E-state index in [0.717, 1.165) is 13.1 Å². The molecular formula is C17H21FN2. The van der Waals surface area contributed by atoms with Gasteiger partial charge in [0.25, 0.3) is 0 Å². The van der Waals surface area contributed by atoms with Crippen LogP contribution in [0.15, 0.2) is 42.5 Å². The molecule has 0 aliphatic rings. The molecule has 0 unspecified atom stereocenters. The van der Waals surface area contributed by atoms with Crippen LogP contribution in [0.1, 0.15) is 23.6 Å². The van der Waals surface area contributed by atoms with Crippen LogP contribution in [-0.4, -0.2) is 11.4 Å². The Morgan fingerprint density at radius 3 is 2.35 bits per heavy atom. The lowest BCUT2D eigenvalue weighted by atomic mass is 10.1. The summed E-state index contributed by atoms with van der Waals surface area (Å²) in [6, 6.07) is 13.5. The molecule has 0 radical (unpaired) electrons. The van der Waals surface area contributed by atoms with E-state index in [1.54, 1.807) is 18.2 Å². The summed E-state index contributed by atoms with van der Waals surface area (Å²) in [5.74, 6) is -0.296. The maximum absolute atomic E-state index is 14.0. The molecule has 0 saturated carbocycles. The summed E-state index contributed by atoms with van der Waals surface area (Å²) in [5, 5.41) is 0. The van der Waals surface area contributed by atoms with Crippen LogP contribution < -0.4 is 5.73 Å². The summed E-state index contributed by atoms with van der Waals surface area (Å²) in [5.41, 5.74) is 9.03. The van der Waals surface area contributed by atoms with E-state index in [1.165, 1.54) is 11.1 Å². The summed E-state index contributed by atoms with van der Waals surface area (Å²) in [6.45, 7) is 6.44. The fraction of sp³-hybridized carbons (Fsp3) is 0.294. The predicted octanol–water partition coefficient (Wildman–Crippen LogP) is 3.74. The van der Waals surface area contributed by atoms with Crippen molar-refractivity contribution in [1.82, 2.24) is 4.90 Å². The van der Waals surface area contributed by atoms with Crippen molar-refractivity contribution in [1.29, 1.82) is 0 Å². The topological polar surface area (TPSA) is 29.3 Å². The predicted molar refractivity (Wildman–Crippen MR) is 81.8 cm³/mol. The molecule has 0 bridgehead atoms. The number of hydrogen-bond donors (Lipinski definition) is 1. The quantitative estimate of drug-likeness (QED) is 0.840. The minimum absolute atomic E-state index is 0.217. The highest BCUT2D eigenvalue weighted by Crippen LogP contribution is 2.18. The van der Waals surface area contributed by atoms with E-state index in [2.05, 4.69) is 30.9 Å². The largest absolute Gasteiger partial charge is 0.396 e. The molecule has 2 N–H and O–H groups in total. The van der Waals surface area contributed by atoms with Gasteiger partial charge in [0.1, 0.15) is 0 Å². The van der Waals surface area contributed by atoms with Crippen molar-refractivity contribution in [2.24, 2.45) is 0 Å². The Bertz CT molecular complexity index is 581. The molecule has 20 heavy (non-hydrogen) atoms. The van der Waals surface area contributed by atoms with Gasteiger partial charge in [-0.05, 0) is 30.7 Å². The molecule has 0 aromatic heterocycles. The van der Waals surface area contributed by atoms with E-state index < -0.39 is 0 Å².